The molecule has 2 bridgehead atoms. The van der Waals surface area contributed by atoms with Crippen molar-refractivity contribution in [3.05, 3.63) is 41.5 Å². The van der Waals surface area contributed by atoms with Gasteiger partial charge >= 0.3 is 0 Å². The number of carbonyl (C=O) groups is 1. The van der Waals surface area contributed by atoms with Gasteiger partial charge in [-0.1, -0.05) is 12.2 Å². The van der Waals surface area contributed by atoms with Gasteiger partial charge < -0.3 is 5.11 Å². The molecule has 0 saturated heterocycles. The van der Waals surface area contributed by atoms with E-state index in [4.69, 9.17) is 0 Å². The van der Waals surface area contributed by atoms with Crippen LogP contribution in [0, 0.1) is 24.7 Å². The Balaban J connectivity index is 1.59. The van der Waals surface area contributed by atoms with Gasteiger partial charge in [0.25, 0.3) is 0 Å². The van der Waals surface area contributed by atoms with E-state index in [0.717, 1.165) is 29.4 Å². The SMILES string of the molecule is Cc1cc(C(=O)CCC2CC3C=CC2C3)ccc1O. The number of ketones is 1. The number of Topliss-reactive ketones (excluding diaryl/α,β-unsaturated/α-hetero) is 1. The van der Waals surface area contributed by atoms with Gasteiger partial charge in [-0.25, -0.2) is 0 Å². The standard InChI is InChI=1S/C17H20O2/c1-11-8-15(5-6-16(11)18)17(19)7-4-14-10-12-2-3-13(14)9-12/h2-3,5-6,8,12-14,18H,4,7,9-10H2,1H3. The molecule has 2 heteroatoms. The van der Waals surface area contributed by atoms with Crippen molar-refractivity contribution < 1.29 is 9.90 Å². The minimum Gasteiger partial charge on any atom is -0.508 e. The Morgan fingerprint density at radius 1 is 1.32 bits per heavy atom. The van der Waals surface area contributed by atoms with Gasteiger partial charge in [-0.15, -0.1) is 0 Å². The number of phenolic OH excluding ortho intramolecular Hbond substituents is 1. The monoisotopic (exact) mass is 256 g/mol. The summed E-state index contributed by atoms with van der Waals surface area (Å²) in [6.45, 7) is 1.83. The smallest absolute Gasteiger partial charge is 0.162 e. The fraction of sp³-hybridized carbons (Fsp3) is 0.471. The van der Waals surface area contributed by atoms with Crippen LogP contribution in [0.25, 0.3) is 0 Å². The summed E-state index contributed by atoms with van der Waals surface area (Å²) in [5.41, 5.74) is 1.50. The predicted octanol–water partition coefficient (Wildman–Crippen LogP) is 3.88. The molecule has 0 aromatic heterocycles. The van der Waals surface area contributed by atoms with E-state index in [-0.39, 0.29) is 11.5 Å². The van der Waals surface area contributed by atoms with Crippen molar-refractivity contribution in [2.24, 2.45) is 17.8 Å². The van der Waals surface area contributed by atoms with E-state index >= 15 is 0 Å². The van der Waals surface area contributed by atoms with Gasteiger partial charge in [0.1, 0.15) is 5.75 Å². The Morgan fingerprint density at radius 3 is 2.79 bits per heavy atom. The molecule has 1 aromatic carbocycles. The largest absolute Gasteiger partial charge is 0.508 e. The topological polar surface area (TPSA) is 37.3 Å². The van der Waals surface area contributed by atoms with Gasteiger partial charge in [0.05, 0.1) is 0 Å². The third-order valence-electron chi connectivity index (χ3n) is 4.68. The number of aromatic hydroxyl groups is 1. The molecule has 3 rings (SSSR count). The molecule has 0 spiro atoms. The number of hydrogen-bond acceptors (Lipinski definition) is 2. The first kappa shape index (κ1) is 12.5. The Labute approximate surface area is 114 Å². The Bertz CT molecular complexity index is 530. The number of carbonyl (C=O) groups excluding carboxylic acids is 1. The lowest BCUT2D eigenvalue weighted by Gasteiger charge is -2.17. The van der Waals surface area contributed by atoms with Crippen molar-refractivity contribution in [3.8, 4) is 5.75 Å². The van der Waals surface area contributed by atoms with Crippen LogP contribution in [0.5, 0.6) is 5.75 Å². The molecule has 0 radical (unpaired) electrons. The van der Waals surface area contributed by atoms with E-state index in [1.807, 2.05) is 6.92 Å². The average molecular weight is 256 g/mol. The fourth-order valence-corrected chi connectivity index (χ4v) is 3.52. The van der Waals surface area contributed by atoms with Crippen molar-refractivity contribution in [3.63, 3.8) is 0 Å². The fourth-order valence-electron chi connectivity index (χ4n) is 3.52. The molecular formula is C17H20O2. The van der Waals surface area contributed by atoms with Gasteiger partial charge in [-0.05, 0) is 67.7 Å². The van der Waals surface area contributed by atoms with Crippen LogP contribution in [0.15, 0.2) is 30.4 Å². The molecule has 3 atom stereocenters. The zero-order valence-corrected chi connectivity index (χ0v) is 11.3. The van der Waals surface area contributed by atoms with Crippen molar-refractivity contribution in [1.82, 2.24) is 0 Å². The summed E-state index contributed by atoms with van der Waals surface area (Å²) >= 11 is 0. The Hall–Kier alpha value is -1.57. The van der Waals surface area contributed by atoms with Crippen molar-refractivity contribution >= 4 is 5.78 Å². The summed E-state index contributed by atoms with van der Waals surface area (Å²) in [5.74, 6) is 2.67. The minimum atomic E-state index is 0.204. The normalized spacial score (nSPS) is 27.9. The van der Waals surface area contributed by atoms with Crippen LogP contribution in [-0.4, -0.2) is 10.9 Å². The van der Waals surface area contributed by atoms with Gasteiger partial charge in [0.15, 0.2) is 5.78 Å². The first-order valence-electron chi connectivity index (χ1n) is 7.14. The Morgan fingerprint density at radius 2 is 2.16 bits per heavy atom. The first-order valence-corrected chi connectivity index (χ1v) is 7.14. The quantitative estimate of drug-likeness (QED) is 0.655. The van der Waals surface area contributed by atoms with E-state index in [0.29, 0.717) is 12.3 Å². The number of hydrogen-bond donors (Lipinski definition) is 1. The molecule has 0 amide bonds. The lowest BCUT2D eigenvalue weighted by Crippen LogP contribution is -2.10. The molecule has 2 aliphatic rings. The summed E-state index contributed by atoms with van der Waals surface area (Å²) in [4.78, 5) is 12.2. The third-order valence-corrected chi connectivity index (χ3v) is 4.68. The van der Waals surface area contributed by atoms with Gasteiger partial charge in [0.2, 0.25) is 0 Å². The van der Waals surface area contributed by atoms with Gasteiger partial charge in [-0.3, -0.25) is 4.79 Å². The maximum atomic E-state index is 12.2. The molecule has 3 unspecified atom stereocenters. The molecule has 1 fully saturated rings. The lowest BCUT2D eigenvalue weighted by molar-refractivity contribution is 0.0971. The van der Waals surface area contributed by atoms with Crippen LogP contribution in [-0.2, 0) is 0 Å². The molecule has 0 aliphatic heterocycles. The summed E-state index contributed by atoms with van der Waals surface area (Å²) in [6, 6.07) is 5.13. The van der Waals surface area contributed by atoms with Crippen molar-refractivity contribution in [2.45, 2.75) is 32.6 Å². The van der Waals surface area contributed by atoms with Crippen molar-refractivity contribution in [2.75, 3.05) is 0 Å². The highest BCUT2D eigenvalue weighted by Gasteiger charge is 2.35. The highest BCUT2D eigenvalue weighted by Crippen LogP contribution is 2.45. The van der Waals surface area contributed by atoms with E-state index in [1.165, 1.54) is 12.8 Å². The maximum absolute atomic E-state index is 12.2. The van der Waals surface area contributed by atoms with Crippen LogP contribution in [0.1, 0.15) is 41.6 Å². The van der Waals surface area contributed by atoms with Crippen LogP contribution in [0.3, 0.4) is 0 Å². The van der Waals surface area contributed by atoms with E-state index in [9.17, 15) is 9.90 Å². The third kappa shape index (κ3) is 2.44. The molecule has 0 heterocycles. The van der Waals surface area contributed by atoms with Crippen LogP contribution in [0.4, 0.5) is 0 Å². The second kappa shape index (κ2) is 4.84. The summed E-state index contributed by atoms with van der Waals surface area (Å²) in [6.07, 6.45) is 8.89. The number of phenols is 1. The molecular weight excluding hydrogens is 236 g/mol. The highest BCUT2D eigenvalue weighted by atomic mass is 16.3. The number of allylic oxidation sites excluding steroid dienone is 2. The molecule has 2 nitrogen and oxygen atoms in total. The number of fused-ring (bicyclic) bond motifs is 2. The minimum absolute atomic E-state index is 0.204. The van der Waals surface area contributed by atoms with Crippen LogP contribution in [0.2, 0.25) is 0 Å². The first-order chi connectivity index (χ1) is 9.13. The van der Waals surface area contributed by atoms with Crippen LogP contribution >= 0.6 is 0 Å². The van der Waals surface area contributed by atoms with Crippen molar-refractivity contribution in [1.29, 1.82) is 0 Å². The second-order valence-electron chi connectivity index (χ2n) is 6.00. The Kier molecular flexibility index (Phi) is 3.17. The molecule has 1 saturated carbocycles. The average Bonchev–Trinajstić information content (AvgIpc) is 3.01. The number of benzene rings is 1. The molecule has 1 aromatic rings. The van der Waals surface area contributed by atoms with E-state index < -0.39 is 0 Å². The maximum Gasteiger partial charge on any atom is 0.162 e. The summed E-state index contributed by atoms with van der Waals surface area (Å²) in [5, 5.41) is 9.48. The summed E-state index contributed by atoms with van der Waals surface area (Å²) in [7, 11) is 0. The lowest BCUT2D eigenvalue weighted by atomic mass is 9.88. The van der Waals surface area contributed by atoms with Gasteiger partial charge in [0, 0.05) is 12.0 Å². The molecule has 2 aliphatic carbocycles. The summed E-state index contributed by atoms with van der Waals surface area (Å²) < 4.78 is 0. The van der Waals surface area contributed by atoms with E-state index in [1.54, 1.807) is 18.2 Å². The second-order valence-corrected chi connectivity index (χ2v) is 6.00. The molecule has 100 valence electrons. The molecule has 1 N–H and O–H groups in total. The highest BCUT2D eigenvalue weighted by molar-refractivity contribution is 5.96. The number of rotatable bonds is 4. The van der Waals surface area contributed by atoms with Gasteiger partial charge in [-0.2, -0.15) is 0 Å². The zero-order chi connectivity index (χ0) is 13.4. The van der Waals surface area contributed by atoms with Crippen LogP contribution < -0.4 is 0 Å². The zero-order valence-electron chi connectivity index (χ0n) is 11.3. The van der Waals surface area contributed by atoms with E-state index in [2.05, 4.69) is 12.2 Å². The number of aryl methyl sites for hydroxylation is 1. The molecule has 19 heavy (non-hydrogen) atoms. The predicted molar refractivity (Wildman–Crippen MR) is 75.3 cm³/mol.